The lowest BCUT2D eigenvalue weighted by atomic mass is 10.1. The molecule has 0 aliphatic rings. The van der Waals surface area contributed by atoms with Gasteiger partial charge in [-0.15, -0.1) is 0 Å². The van der Waals surface area contributed by atoms with Crippen molar-refractivity contribution in [1.82, 2.24) is 0 Å². The first kappa shape index (κ1) is 11.7. The minimum atomic E-state index is -0.365. The van der Waals surface area contributed by atoms with Gasteiger partial charge in [-0.3, -0.25) is 0 Å². The number of para-hydroxylation sites is 2. The van der Waals surface area contributed by atoms with Crippen molar-refractivity contribution in [2.45, 2.75) is 19.4 Å². The monoisotopic (exact) mass is 228 g/mol. The Bertz CT molecular complexity index is 463. The molecule has 0 aliphatic carbocycles. The molecule has 0 radical (unpaired) electrons. The smallest absolute Gasteiger partial charge is 0.130 e. The number of hydrogen-bond donors (Lipinski definition) is 1. The number of benzene rings is 2. The van der Waals surface area contributed by atoms with E-state index in [1.807, 2.05) is 54.6 Å². The highest BCUT2D eigenvalue weighted by molar-refractivity contribution is 5.38. The molecule has 0 spiro atoms. The summed E-state index contributed by atoms with van der Waals surface area (Å²) < 4.78 is 5.80. The minimum Gasteiger partial charge on any atom is -0.457 e. The maximum atomic E-state index is 9.44. The second-order valence-electron chi connectivity index (χ2n) is 4.08. The highest BCUT2D eigenvalue weighted by atomic mass is 16.5. The average molecular weight is 228 g/mol. The third-order valence-electron chi connectivity index (χ3n) is 2.46. The molecule has 2 aromatic rings. The van der Waals surface area contributed by atoms with E-state index in [2.05, 4.69) is 0 Å². The average Bonchev–Trinajstić information content (AvgIpc) is 2.32. The molecule has 0 heterocycles. The molecule has 2 rings (SSSR count). The van der Waals surface area contributed by atoms with E-state index >= 15 is 0 Å². The molecule has 17 heavy (non-hydrogen) atoms. The fourth-order valence-electron chi connectivity index (χ4n) is 1.71. The van der Waals surface area contributed by atoms with E-state index in [9.17, 15) is 5.11 Å². The third kappa shape index (κ3) is 3.33. The first-order valence-corrected chi connectivity index (χ1v) is 5.74. The van der Waals surface area contributed by atoms with E-state index in [1.54, 1.807) is 6.92 Å². The quantitative estimate of drug-likeness (QED) is 0.869. The van der Waals surface area contributed by atoms with Crippen LogP contribution in [-0.2, 0) is 6.42 Å². The molecule has 0 saturated heterocycles. The molecule has 0 bridgehead atoms. The van der Waals surface area contributed by atoms with Crippen LogP contribution in [0, 0.1) is 0 Å². The van der Waals surface area contributed by atoms with Gasteiger partial charge in [-0.2, -0.15) is 0 Å². The standard InChI is InChI=1S/C15H16O2/c1-12(16)11-13-7-5-6-10-15(13)17-14-8-3-2-4-9-14/h2-10,12,16H,11H2,1H3/t12-/m0/s1. The largest absolute Gasteiger partial charge is 0.457 e. The second kappa shape index (κ2) is 5.51. The van der Waals surface area contributed by atoms with Gasteiger partial charge in [0.25, 0.3) is 0 Å². The predicted molar refractivity (Wildman–Crippen MR) is 68.3 cm³/mol. The Balaban J connectivity index is 2.20. The van der Waals surface area contributed by atoms with Crippen LogP contribution in [-0.4, -0.2) is 11.2 Å². The SMILES string of the molecule is C[C@H](O)Cc1ccccc1Oc1ccccc1. The summed E-state index contributed by atoms with van der Waals surface area (Å²) in [5, 5.41) is 9.44. The van der Waals surface area contributed by atoms with E-state index in [4.69, 9.17) is 4.74 Å². The van der Waals surface area contributed by atoms with Crippen LogP contribution < -0.4 is 4.74 Å². The highest BCUT2D eigenvalue weighted by Gasteiger charge is 2.06. The van der Waals surface area contributed by atoms with E-state index in [0.717, 1.165) is 17.1 Å². The van der Waals surface area contributed by atoms with Crippen LogP contribution in [0.15, 0.2) is 54.6 Å². The number of ether oxygens (including phenoxy) is 1. The van der Waals surface area contributed by atoms with Crippen molar-refractivity contribution < 1.29 is 9.84 Å². The lowest BCUT2D eigenvalue weighted by molar-refractivity contribution is 0.194. The molecular weight excluding hydrogens is 212 g/mol. The topological polar surface area (TPSA) is 29.5 Å². The van der Waals surface area contributed by atoms with Crippen molar-refractivity contribution in [1.29, 1.82) is 0 Å². The van der Waals surface area contributed by atoms with Crippen molar-refractivity contribution in [2.24, 2.45) is 0 Å². The summed E-state index contributed by atoms with van der Waals surface area (Å²) in [6.07, 6.45) is 0.235. The molecule has 1 N–H and O–H groups in total. The van der Waals surface area contributed by atoms with Crippen LogP contribution in [0.4, 0.5) is 0 Å². The van der Waals surface area contributed by atoms with Crippen molar-refractivity contribution in [3.8, 4) is 11.5 Å². The summed E-state index contributed by atoms with van der Waals surface area (Å²) in [7, 11) is 0. The van der Waals surface area contributed by atoms with Gasteiger partial charge in [0.2, 0.25) is 0 Å². The van der Waals surface area contributed by atoms with E-state index in [1.165, 1.54) is 0 Å². The molecule has 2 heteroatoms. The zero-order valence-corrected chi connectivity index (χ0v) is 9.84. The molecule has 2 nitrogen and oxygen atoms in total. The summed E-state index contributed by atoms with van der Waals surface area (Å²) >= 11 is 0. The Morgan fingerprint density at radius 1 is 1.00 bits per heavy atom. The summed E-state index contributed by atoms with van der Waals surface area (Å²) in [4.78, 5) is 0. The molecular formula is C15H16O2. The van der Waals surface area contributed by atoms with E-state index in [-0.39, 0.29) is 6.10 Å². The molecule has 0 aliphatic heterocycles. The number of hydrogen-bond acceptors (Lipinski definition) is 2. The molecule has 0 amide bonds. The zero-order valence-electron chi connectivity index (χ0n) is 9.84. The van der Waals surface area contributed by atoms with Crippen molar-refractivity contribution in [3.05, 3.63) is 60.2 Å². The van der Waals surface area contributed by atoms with Crippen LogP contribution in [0.2, 0.25) is 0 Å². The maximum Gasteiger partial charge on any atom is 0.130 e. The minimum absolute atomic E-state index is 0.365. The molecule has 1 atom stereocenters. The number of aliphatic hydroxyl groups excluding tert-OH is 1. The number of aliphatic hydroxyl groups is 1. The lowest BCUT2D eigenvalue weighted by Gasteiger charge is -2.12. The summed E-state index contributed by atoms with van der Waals surface area (Å²) in [5.74, 6) is 1.62. The number of rotatable bonds is 4. The third-order valence-corrected chi connectivity index (χ3v) is 2.46. The Morgan fingerprint density at radius 3 is 2.35 bits per heavy atom. The molecule has 0 unspecified atom stereocenters. The lowest BCUT2D eigenvalue weighted by Crippen LogP contribution is -2.05. The van der Waals surface area contributed by atoms with Crippen molar-refractivity contribution in [2.75, 3.05) is 0 Å². The van der Waals surface area contributed by atoms with E-state index < -0.39 is 0 Å². The second-order valence-corrected chi connectivity index (χ2v) is 4.08. The van der Waals surface area contributed by atoms with Gasteiger partial charge in [0, 0.05) is 6.42 Å². The zero-order chi connectivity index (χ0) is 12.1. The Labute approximate surface area is 101 Å². The fraction of sp³-hybridized carbons (Fsp3) is 0.200. The first-order valence-electron chi connectivity index (χ1n) is 5.74. The Morgan fingerprint density at radius 2 is 1.65 bits per heavy atom. The van der Waals surface area contributed by atoms with Crippen LogP contribution >= 0.6 is 0 Å². The summed E-state index contributed by atoms with van der Waals surface area (Å²) in [6, 6.07) is 17.4. The Hall–Kier alpha value is -1.80. The van der Waals surface area contributed by atoms with Crippen LogP contribution in [0.3, 0.4) is 0 Å². The molecule has 0 saturated carbocycles. The molecule has 2 aromatic carbocycles. The Kier molecular flexibility index (Phi) is 3.78. The van der Waals surface area contributed by atoms with Gasteiger partial charge in [0.15, 0.2) is 0 Å². The summed E-state index contributed by atoms with van der Waals surface area (Å²) in [5.41, 5.74) is 1.02. The van der Waals surface area contributed by atoms with Gasteiger partial charge in [-0.05, 0) is 30.7 Å². The fourth-order valence-corrected chi connectivity index (χ4v) is 1.71. The maximum absolute atomic E-state index is 9.44. The molecule has 88 valence electrons. The van der Waals surface area contributed by atoms with Gasteiger partial charge < -0.3 is 9.84 Å². The van der Waals surface area contributed by atoms with Gasteiger partial charge in [0.1, 0.15) is 11.5 Å². The van der Waals surface area contributed by atoms with Crippen LogP contribution in [0.5, 0.6) is 11.5 Å². The van der Waals surface area contributed by atoms with E-state index in [0.29, 0.717) is 6.42 Å². The predicted octanol–water partition coefficient (Wildman–Crippen LogP) is 3.40. The normalized spacial score (nSPS) is 12.1. The van der Waals surface area contributed by atoms with Crippen LogP contribution in [0.1, 0.15) is 12.5 Å². The van der Waals surface area contributed by atoms with Gasteiger partial charge in [-0.1, -0.05) is 36.4 Å². The van der Waals surface area contributed by atoms with Gasteiger partial charge >= 0.3 is 0 Å². The highest BCUT2D eigenvalue weighted by Crippen LogP contribution is 2.25. The molecule has 0 fully saturated rings. The summed E-state index contributed by atoms with van der Waals surface area (Å²) in [6.45, 7) is 1.78. The first-order chi connectivity index (χ1) is 8.25. The van der Waals surface area contributed by atoms with Crippen LogP contribution in [0.25, 0.3) is 0 Å². The van der Waals surface area contributed by atoms with Gasteiger partial charge in [0.05, 0.1) is 6.10 Å². The molecule has 0 aromatic heterocycles. The van der Waals surface area contributed by atoms with Crippen molar-refractivity contribution in [3.63, 3.8) is 0 Å². The van der Waals surface area contributed by atoms with Gasteiger partial charge in [-0.25, -0.2) is 0 Å². The van der Waals surface area contributed by atoms with Crippen molar-refractivity contribution >= 4 is 0 Å².